The van der Waals surface area contributed by atoms with Crippen molar-refractivity contribution in [2.75, 3.05) is 24.5 Å². The number of hydrogen-bond donors (Lipinski definition) is 1. The lowest BCUT2D eigenvalue weighted by molar-refractivity contribution is 0.481. The first-order chi connectivity index (χ1) is 9.22. The summed E-state index contributed by atoms with van der Waals surface area (Å²) in [6, 6.07) is 9.37. The normalized spacial score (nSPS) is 18.1. The highest BCUT2D eigenvalue weighted by Gasteiger charge is 2.23. The van der Waals surface area contributed by atoms with Gasteiger partial charge in [-0.3, -0.25) is 0 Å². The summed E-state index contributed by atoms with van der Waals surface area (Å²) >= 11 is 0. The van der Waals surface area contributed by atoms with Gasteiger partial charge in [0, 0.05) is 24.8 Å². The average molecular weight is 258 g/mol. The molecule has 1 unspecified atom stereocenters. The van der Waals surface area contributed by atoms with Gasteiger partial charge in [-0.05, 0) is 44.9 Å². The molecule has 19 heavy (non-hydrogen) atoms. The zero-order valence-corrected chi connectivity index (χ0v) is 12.4. The number of nitrogens with one attached hydrogen (secondary N) is 1. The van der Waals surface area contributed by atoms with Crippen molar-refractivity contribution in [2.24, 2.45) is 0 Å². The van der Waals surface area contributed by atoms with E-state index < -0.39 is 0 Å². The van der Waals surface area contributed by atoms with Gasteiger partial charge in [0.2, 0.25) is 0 Å². The molecule has 1 atom stereocenters. The lowest BCUT2D eigenvalue weighted by Crippen LogP contribution is -2.36. The Morgan fingerprint density at radius 3 is 2.89 bits per heavy atom. The summed E-state index contributed by atoms with van der Waals surface area (Å²) in [7, 11) is 0. The summed E-state index contributed by atoms with van der Waals surface area (Å²) in [4.78, 5) is 2.49. The van der Waals surface area contributed by atoms with Crippen LogP contribution < -0.4 is 10.2 Å². The van der Waals surface area contributed by atoms with Crippen LogP contribution in [0.1, 0.15) is 45.2 Å². The summed E-state index contributed by atoms with van der Waals surface area (Å²) in [5, 5.41) is 3.67. The molecular formula is C17H26N2. The van der Waals surface area contributed by atoms with Crippen molar-refractivity contribution in [3.8, 4) is 0 Å². The van der Waals surface area contributed by atoms with Gasteiger partial charge >= 0.3 is 0 Å². The Hall–Kier alpha value is -1.28. The van der Waals surface area contributed by atoms with Gasteiger partial charge in [0.25, 0.3) is 0 Å². The molecule has 1 aliphatic rings. The van der Waals surface area contributed by atoms with E-state index in [1.54, 1.807) is 0 Å². The third kappa shape index (κ3) is 3.60. The van der Waals surface area contributed by atoms with Crippen LogP contribution in [-0.2, 0) is 0 Å². The maximum atomic E-state index is 3.67. The number of fused-ring (bicyclic) bond motifs is 1. The summed E-state index contributed by atoms with van der Waals surface area (Å²) < 4.78 is 0. The average Bonchev–Trinajstić information content (AvgIpc) is 2.43. The van der Waals surface area contributed by atoms with Crippen molar-refractivity contribution < 1.29 is 0 Å². The Kier molecular flexibility index (Phi) is 5.03. The molecule has 1 aliphatic heterocycles. The molecule has 0 fully saturated rings. The van der Waals surface area contributed by atoms with Crippen LogP contribution >= 0.6 is 0 Å². The highest BCUT2D eigenvalue weighted by molar-refractivity contribution is 5.57. The van der Waals surface area contributed by atoms with Gasteiger partial charge in [-0.25, -0.2) is 0 Å². The predicted molar refractivity (Wildman–Crippen MR) is 83.7 cm³/mol. The largest absolute Gasteiger partial charge is 0.367 e. The fraction of sp³-hybridized carbons (Fsp3) is 0.529. The van der Waals surface area contributed by atoms with Crippen LogP contribution in [0.15, 0.2) is 35.9 Å². The molecule has 0 aromatic heterocycles. The fourth-order valence-corrected chi connectivity index (χ4v) is 2.64. The van der Waals surface area contributed by atoms with Crippen LogP contribution in [0.4, 0.5) is 5.69 Å². The van der Waals surface area contributed by atoms with E-state index in [1.807, 2.05) is 0 Å². The molecule has 1 N–H and O–H groups in total. The number of hydrogen-bond acceptors (Lipinski definition) is 2. The van der Waals surface area contributed by atoms with Crippen molar-refractivity contribution in [1.82, 2.24) is 5.32 Å². The second-order valence-corrected chi connectivity index (χ2v) is 5.58. The molecule has 0 bridgehead atoms. The van der Waals surface area contributed by atoms with E-state index in [1.165, 1.54) is 29.7 Å². The minimum absolute atomic E-state index is 0.527. The smallest absolute Gasteiger partial charge is 0.0417 e. The highest BCUT2D eigenvalue weighted by atomic mass is 15.1. The molecule has 1 aromatic carbocycles. The molecule has 0 saturated carbocycles. The Morgan fingerprint density at radius 1 is 1.37 bits per heavy atom. The van der Waals surface area contributed by atoms with Crippen molar-refractivity contribution >= 4 is 5.69 Å². The van der Waals surface area contributed by atoms with Crippen molar-refractivity contribution in [3.05, 3.63) is 41.5 Å². The van der Waals surface area contributed by atoms with Crippen LogP contribution in [0.25, 0.3) is 0 Å². The summed E-state index contributed by atoms with van der Waals surface area (Å²) in [6.45, 7) is 9.83. The van der Waals surface area contributed by atoms with E-state index in [9.17, 15) is 0 Å². The van der Waals surface area contributed by atoms with Crippen molar-refractivity contribution in [1.29, 1.82) is 0 Å². The zero-order chi connectivity index (χ0) is 13.7. The summed E-state index contributed by atoms with van der Waals surface area (Å²) in [6.07, 6.45) is 4.71. The van der Waals surface area contributed by atoms with Gasteiger partial charge in [0.1, 0.15) is 0 Å². The molecule has 0 spiro atoms. The van der Waals surface area contributed by atoms with Crippen molar-refractivity contribution in [2.45, 2.75) is 39.7 Å². The van der Waals surface area contributed by atoms with E-state index in [0.717, 1.165) is 19.6 Å². The first kappa shape index (κ1) is 14.1. The third-order valence-electron chi connectivity index (χ3n) is 3.70. The van der Waals surface area contributed by atoms with E-state index >= 15 is 0 Å². The van der Waals surface area contributed by atoms with Gasteiger partial charge in [-0.15, -0.1) is 0 Å². The molecule has 1 aromatic rings. The molecule has 1 heterocycles. The van der Waals surface area contributed by atoms with Crippen LogP contribution in [-0.4, -0.2) is 19.6 Å². The minimum atomic E-state index is 0.527. The van der Waals surface area contributed by atoms with Crippen molar-refractivity contribution in [3.63, 3.8) is 0 Å². The molecule has 2 heteroatoms. The number of nitrogens with zero attached hydrogens (tertiary/aromatic N) is 1. The lowest BCUT2D eigenvalue weighted by atomic mass is 9.96. The molecule has 0 saturated heterocycles. The number of benzene rings is 1. The standard InChI is InChI=1S/C17H26N2/c1-4-11-18-16-10-13-19(12-9-14(2)3)17-8-6-5-7-15(16)17/h5-9,16,18H,4,10-13H2,1-3H3. The molecule has 2 nitrogen and oxygen atoms in total. The van der Waals surface area contributed by atoms with E-state index in [0.29, 0.717) is 6.04 Å². The second kappa shape index (κ2) is 6.76. The second-order valence-electron chi connectivity index (χ2n) is 5.58. The number of allylic oxidation sites excluding steroid dienone is 1. The summed E-state index contributed by atoms with van der Waals surface area (Å²) in [5.74, 6) is 0. The fourth-order valence-electron chi connectivity index (χ4n) is 2.64. The Labute approximate surface area is 117 Å². The van der Waals surface area contributed by atoms with Crippen LogP contribution in [0.3, 0.4) is 0 Å². The monoisotopic (exact) mass is 258 g/mol. The Bertz CT molecular complexity index is 433. The van der Waals surface area contributed by atoms with E-state index in [-0.39, 0.29) is 0 Å². The van der Waals surface area contributed by atoms with Crippen LogP contribution in [0.2, 0.25) is 0 Å². The number of anilines is 1. The quantitative estimate of drug-likeness (QED) is 0.806. The number of para-hydroxylation sites is 1. The van der Waals surface area contributed by atoms with Crippen LogP contribution in [0, 0.1) is 0 Å². The molecule has 0 aliphatic carbocycles. The maximum Gasteiger partial charge on any atom is 0.0417 e. The first-order valence-electron chi connectivity index (χ1n) is 7.43. The van der Waals surface area contributed by atoms with Crippen LogP contribution in [0.5, 0.6) is 0 Å². The molecular weight excluding hydrogens is 232 g/mol. The predicted octanol–water partition coefficient (Wildman–Crippen LogP) is 3.90. The zero-order valence-electron chi connectivity index (χ0n) is 12.4. The molecule has 104 valence electrons. The SMILES string of the molecule is CCCNC1CCN(CC=C(C)C)c2ccccc21. The number of rotatable bonds is 5. The Morgan fingerprint density at radius 2 is 2.16 bits per heavy atom. The summed E-state index contributed by atoms with van der Waals surface area (Å²) in [5.41, 5.74) is 4.26. The van der Waals surface area contributed by atoms with Gasteiger partial charge in [-0.2, -0.15) is 0 Å². The third-order valence-corrected chi connectivity index (χ3v) is 3.70. The highest BCUT2D eigenvalue weighted by Crippen LogP contribution is 2.33. The van der Waals surface area contributed by atoms with Gasteiger partial charge in [0.05, 0.1) is 0 Å². The molecule has 0 radical (unpaired) electrons. The Balaban J connectivity index is 2.16. The molecule has 2 rings (SSSR count). The maximum absolute atomic E-state index is 3.67. The van der Waals surface area contributed by atoms with E-state index in [4.69, 9.17) is 0 Å². The molecule has 0 amide bonds. The van der Waals surface area contributed by atoms with Gasteiger partial charge in [-0.1, -0.05) is 36.8 Å². The first-order valence-corrected chi connectivity index (χ1v) is 7.43. The lowest BCUT2D eigenvalue weighted by Gasteiger charge is -2.35. The minimum Gasteiger partial charge on any atom is -0.367 e. The van der Waals surface area contributed by atoms with E-state index in [2.05, 4.69) is 61.3 Å². The van der Waals surface area contributed by atoms with Gasteiger partial charge in [0.15, 0.2) is 0 Å². The topological polar surface area (TPSA) is 15.3 Å². The van der Waals surface area contributed by atoms with Gasteiger partial charge < -0.3 is 10.2 Å².